The maximum absolute atomic E-state index is 12.7. The highest BCUT2D eigenvalue weighted by molar-refractivity contribution is 5.99. The number of nitro benzene ring substituents is 1. The van der Waals surface area contributed by atoms with Crippen molar-refractivity contribution in [2.75, 3.05) is 6.61 Å². The summed E-state index contributed by atoms with van der Waals surface area (Å²) < 4.78 is 5.44. The average molecular weight is 383 g/mol. The number of benzene rings is 2. The lowest BCUT2D eigenvalue weighted by molar-refractivity contribution is -0.384. The second kappa shape index (κ2) is 7.90. The molecule has 1 fully saturated rings. The summed E-state index contributed by atoms with van der Waals surface area (Å²) in [6.07, 6.45) is 0.378. The Morgan fingerprint density at radius 3 is 2.21 bits per heavy atom. The van der Waals surface area contributed by atoms with Crippen LogP contribution in [0.15, 0.2) is 48.5 Å². The Kier molecular flexibility index (Phi) is 5.56. The molecule has 7 heteroatoms. The molecule has 0 saturated carbocycles. The first-order valence-corrected chi connectivity index (χ1v) is 9.04. The Morgan fingerprint density at radius 2 is 1.71 bits per heavy atom. The molecule has 2 aromatic carbocycles. The summed E-state index contributed by atoms with van der Waals surface area (Å²) in [5.41, 5.74) is 0.987. The predicted octanol–water partition coefficient (Wildman–Crippen LogP) is 4.10. The minimum Gasteiger partial charge on any atom is -0.481 e. The summed E-state index contributed by atoms with van der Waals surface area (Å²) in [5, 5.41) is 20.4. The van der Waals surface area contributed by atoms with E-state index in [9.17, 15) is 24.8 Å². The molecule has 1 saturated heterocycles. The fraction of sp³-hybridized carbons (Fsp3) is 0.333. The van der Waals surface area contributed by atoms with Gasteiger partial charge in [0.2, 0.25) is 0 Å². The van der Waals surface area contributed by atoms with Gasteiger partial charge < -0.3 is 9.84 Å². The molecule has 0 amide bonds. The molecule has 1 N–H and O–H groups in total. The normalized spacial score (nSPS) is 21.8. The van der Waals surface area contributed by atoms with E-state index < -0.39 is 16.3 Å². The number of carbonyl (C=O) groups excluding carboxylic acids is 1. The molecule has 0 bridgehead atoms. The maximum atomic E-state index is 12.7. The molecule has 0 aromatic heterocycles. The van der Waals surface area contributed by atoms with Gasteiger partial charge >= 0.3 is 5.97 Å². The zero-order valence-electron chi connectivity index (χ0n) is 15.5. The third-order valence-corrected chi connectivity index (χ3v) is 5.23. The van der Waals surface area contributed by atoms with E-state index in [2.05, 4.69) is 0 Å². The SMILES string of the molecule is CC1CC(CC(=O)c2ccc(-c3ccc([N+](=O)[O-])cc3)cc2)(C(=O)O)CCO1. The number of carboxylic acids is 1. The summed E-state index contributed by atoms with van der Waals surface area (Å²) in [7, 11) is 0. The van der Waals surface area contributed by atoms with E-state index in [4.69, 9.17) is 4.74 Å². The summed E-state index contributed by atoms with van der Waals surface area (Å²) in [6, 6.07) is 13.0. The fourth-order valence-electron chi connectivity index (χ4n) is 3.63. The molecule has 28 heavy (non-hydrogen) atoms. The van der Waals surface area contributed by atoms with Gasteiger partial charge in [0.25, 0.3) is 5.69 Å². The number of aliphatic carboxylic acids is 1. The van der Waals surface area contributed by atoms with Crippen molar-refractivity contribution in [2.24, 2.45) is 5.41 Å². The molecule has 0 radical (unpaired) electrons. The molecule has 2 aromatic rings. The van der Waals surface area contributed by atoms with Crippen LogP contribution in [-0.4, -0.2) is 34.5 Å². The fourth-order valence-corrected chi connectivity index (χ4v) is 3.63. The van der Waals surface area contributed by atoms with Crippen molar-refractivity contribution >= 4 is 17.4 Å². The number of carboxylic acid groups (broad SMARTS) is 1. The second-order valence-corrected chi connectivity index (χ2v) is 7.20. The molecule has 146 valence electrons. The van der Waals surface area contributed by atoms with Crippen LogP contribution < -0.4 is 0 Å². The molecule has 0 aliphatic carbocycles. The molecule has 1 aliphatic rings. The van der Waals surface area contributed by atoms with Crippen LogP contribution >= 0.6 is 0 Å². The topological polar surface area (TPSA) is 107 Å². The van der Waals surface area contributed by atoms with Gasteiger partial charge in [0, 0.05) is 30.7 Å². The number of ketones is 1. The van der Waals surface area contributed by atoms with Crippen LogP contribution in [0.2, 0.25) is 0 Å². The molecule has 3 rings (SSSR count). The molecule has 0 spiro atoms. The minimum atomic E-state index is -1.09. The zero-order valence-corrected chi connectivity index (χ0v) is 15.5. The van der Waals surface area contributed by atoms with Crippen molar-refractivity contribution in [1.29, 1.82) is 0 Å². The van der Waals surface area contributed by atoms with Gasteiger partial charge in [0.15, 0.2) is 5.78 Å². The van der Waals surface area contributed by atoms with Crippen molar-refractivity contribution in [3.63, 3.8) is 0 Å². The van der Waals surface area contributed by atoms with Crippen LogP contribution in [0, 0.1) is 15.5 Å². The highest BCUT2D eigenvalue weighted by Crippen LogP contribution is 2.38. The predicted molar refractivity (Wildman–Crippen MR) is 102 cm³/mol. The molecule has 1 heterocycles. The number of rotatable bonds is 6. The summed E-state index contributed by atoms with van der Waals surface area (Å²) in [5.74, 6) is -1.18. The Labute approximate surface area is 162 Å². The summed E-state index contributed by atoms with van der Waals surface area (Å²) in [6.45, 7) is 2.15. The number of Topliss-reactive ketones (excluding diaryl/α,β-unsaturated/α-hetero) is 1. The van der Waals surface area contributed by atoms with Crippen molar-refractivity contribution in [1.82, 2.24) is 0 Å². The van der Waals surface area contributed by atoms with Gasteiger partial charge in [-0.25, -0.2) is 0 Å². The van der Waals surface area contributed by atoms with Gasteiger partial charge in [-0.3, -0.25) is 19.7 Å². The van der Waals surface area contributed by atoms with Crippen molar-refractivity contribution in [3.05, 3.63) is 64.2 Å². The van der Waals surface area contributed by atoms with E-state index in [0.717, 1.165) is 11.1 Å². The van der Waals surface area contributed by atoms with Gasteiger partial charge in [-0.05, 0) is 43.0 Å². The highest BCUT2D eigenvalue weighted by Gasteiger charge is 2.44. The van der Waals surface area contributed by atoms with E-state index in [1.54, 1.807) is 36.4 Å². The molecular weight excluding hydrogens is 362 g/mol. The first kappa shape index (κ1) is 19.7. The van der Waals surface area contributed by atoms with Gasteiger partial charge in [-0.15, -0.1) is 0 Å². The second-order valence-electron chi connectivity index (χ2n) is 7.20. The quantitative estimate of drug-likeness (QED) is 0.457. The van der Waals surface area contributed by atoms with Gasteiger partial charge in [-0.2, -0.15) is 0 Å². The van der Waals surface area contributed by atoms with E-state index >= 15 is 0 Å². The lowest BCUT2D eigenvalue weighted by Gasteiger charge is -2.36. The Hall–Kier alpha value is -3.06. The number of hydrogen-bond donors (Lipinski definition) is 1. The van der Waals surface area contributed by atoms with E-state index in [1.165, 1.54) is 12.1 Å². The Balaban J connectivity index is 1.76. The van der Waals surface area contributed by atoms with Crippen molar-refractivity contribution in [2.45, 2.75) is 32.3 Å². The third-order valence-electron chi connectivity index (χ3n) is 5.23. The molecule has 7 nitrogen and oxygen atoms in total. The lowest BCUT2D eigenvalue weighted by atomic mass is 9.73. The van der Waals surface area contributed by atoms with Crippen LogP contribution in [0.25, 0.3) is 11.1 Å². The molecule has 1 aliphatic heterocycles. The first-order valence-electron chi connectivity index (χ1n) is 9.04. The first-order chi connectivity index (χ1) is 13.3. The number of hydrogen-bond acceptors (Lipinski definition) is 5. The number of nitrogens with zero attached hydrogens (tertiary/aromatic N) is 1. The van der Waals surface area contributed by atoms with Crippen LogP contribution in [0.1, 0.15) is 36.5 Å². The number of carbonyl (C=O) groups is 2. The van der Waals surface area contributed by atoms with Gasteiger partial charge in [0.1, 0.15) is 0 Å². The van der Waals surface area contributed by atoms with Crippen molar-refractivity contribution in [3.8, 4) is 11.1 Å². The molecule has 2 atom stereocenters. The summed E-state index contributed by atoms with van der Waals surface area (Å²) in [4.78, 5) is 34.9. The Bertz CT molecular complexity index is 890. The van der Waals surface area contributed by atoms with Gasteiger partial charge in [-0.1, -0.05) is 24.3 Å². The highest BCUT2D eigenvalue weighted by atomic mass is 16.6. The van der Waals surface area contributed by atoms with Crippen LogP contribution in [-0.2, 0) is 9.53 Å². The van der Waals surface area contributed by atoms with Crippen LogP contribution in [0.3, 0.4) is 0 Å². The third kappa shape index (κ3) is 4.09. The van der Waals surface area contributed by atoms with Crippen LogP contribution in [0.5, 0.6) is 0 Å². The summed E-state index contributed by atoms with van der Waals surface area (Å²) >= 11 is 0. The largest absolute Gasteiger partial charge is 0.481 e. The standard InChI is InChI=1S/C21H21NO6/c1-14-12-21(20(24)25,10-11-28-14)13-19(23)17-4-2-15(3-5-17)16-6-8-18(9-7-16)22(26)27/h2-9,14H,10-13H2,1H3,(H,24,25). The lowest BCUT2D eigenvalue weighted by Crippen LogP contribution is -2.41. The maximum Gasteiger partial charge on any atom is 0.310 e. The molecule has 2 unspecified atom stereocenters. The van der Waals surface area contributed by atoms with Gasteiger partial charge in [0.05, 0.1) is 16.4 Å². The zero-order chi connectivity index (χ0) is 20.3. The van der Waals surface area contributed by atoms with E-state index in [0.29, 0.717) is 25.0 Å². The van der Waals surface area contributed by atoms with Crippen molar-refractivity contribution < 1.29 is 24.4 Å². The smallest absolute Gasteiger partial charge is 0.310 e. The molecular formula is C21H21NO6. The average Bonchev–Trinajstić information content (AvgIpc) is 2.68. The van der Waals surface area contributed by atoms with E-state index in [1.807, 2.05) is 6.92 Å². The number of ether oxygens (including phenoxy) is 1. The number of non-ortho nitro benzene ring substituents is 1. The van der Waals surface area contributed by atoms with E-state index in [-0.39, 0.29) is 24.0 Å². The monoisotopic (exact) mass is 383 g/mol. The Morgan fingerprint density at radius 1 is 1.14 bits per heavy atom. The minimum absolute atomic E-state index is 0.0141. The number of nitro groups is 1. The van der Waals surface area contributed by atoms with Crippen LogP contribution in [0.4, 0.5) is 5.69 Å².